The van der Waals surface area contributed by atoms with Gasteiger partial charge in [-0.3, -0.25) is 14.5 Å². The van der Waals surface area contributed by atoms with E-state index in [2.05, 4.69) is 22.5 Å². The largest absolute Gasteiger partial charge is 0.359 e. The van der Waals surface area contributed by atoms with Gasteiger partial charge in [0, 0.05) is 19.5 Å². The molecule has 0 atom stereocenters. The maximum atomic E-state index is 11.6. The molecule has 1 aliphatic heterocycles. The van der Waals surface area contributed by atoms with Crippen LogP contribution in [0.4, 0.5) is 0 Å². The zero-order valence-corrected chi connectivity index (χ0v) is 11.5. The Bertz CT molecular complexity index is 273. The Kier molecular flexibility index (Phi) is 6.72. The number of nitrogens with one attached hydrogen (secondary N) is 2. The number of carbonyl (C=O) groups excluding carboxylic acids is 2. The Morgan fingerprint density at radius 3 is 2.50 bits per heavy atom. The molecule has 2 amide bonds. The Morgan fingerprint density at radius 1 is 1.28 bits per heavy atom. The summed E-state index contributed by atoms with van der Waals surface area (Å²) in [5.74, 6) is 0.346. The van der Waals surface area contributed by atoms with Gasteiger partial charge in [-0.2, -0.15) is 0 Å². The molecule has 1 saturated heterocycles. The first-order valence-corrected chi connectivity index (χ1v) is 6.88. The normalized spacial score (nSPS) is 17.4. The van der Waals surface area contributed by atoms with Crippen molar-refractivity contribution >= 4 is 11.8 Å². The quantitative estimate of drug-likeness (QED) is 0.674. The number of carbonyl (C=O) groups is 2. The molecule has 0 bridgehead atoms. The van der Waals surface area contributed by atoms with Crippen LogP contribution >= 0.6 is 0 Å². The Morgan fingerprint density at radius 2 is 1.94 bits per heavy atom. The van der Waals surface area contributed by atoms with Gasteiger partial charge in [-0.15, -0.1) is 0 Å². The summed E-state index contributed by atoms with van der Waals surface area (Å²) in [6, 6.07) is 0. The fraction of sp³-hybridized carbons (Fsp3) is 0.846. The summed E-state index contributed by atoms with van der Waals surface area (Å²) in [7, 11) is 1.68. The molecule has 1 aliphatic rings. The van der Waals surface area contributed by atoms with Crippen LogP contribution in [0.2, 0.25) is 0 Å². The molecule has 1 fully saturated rings. The van der Waals surface area contributed by atoms with Crippen molar-refractivity contribution < 1.29 is 9.59 Å². The molecule has 0 unspecified atom stereocenters. The van der Waals surface area contributed by atoms with E-state index < -0.39 is 0 Å². The second-order valence-corrected chi connectivity index (χ2v) is 4.87. The summed E-state index contributed by atoms with van der Waals surface area (Å²) in [5.41, 5.74) is 0. The first-order chi connectivity index (χ1) is 8.67. The molecule has 104 valence electrons. The molecule has 5 nitrogen and oxygen atoms in total. The number of nitrogens with zero attached hydrogens (tertiary/aromatic N) is 1. The topological polar surface area (TPSA) is 61.4 Å². The molecule has 0 radical (unpaired) electrons. The Balaban J connectivity index is 2.18. The summed E-state index contributed by atoms with van der Waals surface area (Å²) < 4.78 is 0. The summed E-state index contributed by atoms with van der Waals surface area (Å²) >= 11 is 0. The maximum Gasteiger partial charge on any atom is 0.234 e. The van der Waals surface area contributed by atoms with Gasteiger partial charge in [0.1, 0.15) is 0 Å². The molecule has 2 N–H and O–H groups in total. The maximum absolute atomic E-state index is 11.6. The van der Waals surface area contributed by atoms with E-state index in [4.69, 9.17) is 0 Å². The second-order valence-electron chi connectivity index (χ2n) is 4.87. The number of hydrogen-bond donors (Lipinski definition) is 2. The van der Waals surface area contributed by atoms with Crippen molar-refractivity contribution in [2.45, 2.75) is 32.6 Å². The highest BCUT2D eigenvalue weighted by molar-refractivity contribution is 5.79. The van der Waals surface area contributed by atoms with Crippen LogP contribution in [0.15, 0.2) is 0 Å². The van der Waals surface area contributed by atoms with Crippen molar-refractivity contribution in [3.05, 3.63) is 0 Å². The van der Waals surface area contributed by atoms with Crippen LogP contribution in [0.25, 0.3) is 0 Å². The van der Waals surface area contributed by atoms with Crippen LogP contribution in [0.5, 0.6) is 0 Å². The highest BCUT2D eigenvalue weighted by Crippen LogP contribution is 2.16. The standard InChI is InChI=1S/C13H25N3O2/c1-3-4-7-15-12(17)10-16-8-5-11(6-9-16)13(18)14-2/h11H,3-10H2,1-2H3,(H,14,18)(H,15,17). The van der Waals surface area contributed by atoms with Gasteiger partial charge < -0.3 is 10.6 Å². The van der Waals surface area contributed by atoms with Crippen LogP contribution < -0.4 is 10.6 Å². The van der Waals surface area contributed by atoms with E-state index in [0.29, 0.717) is 6.54 Å². The van der Waals surface area contributed by atoms with Gasteiger partial charge in [0.2, 0.25) is 11.8 Å². The van der Waals surface area contributed by atoms with Gasteiger partial charge in [0.05, 0.1) is 6.54 Å². The molecule has 1 heterocycles. The zero-order valence-electron chi connectivity index (χ0n) is 11.5. The molecular weight excluding hydrogens is 230 g/mol. The third kappa shape index (κ3) is 5.04. The summed E-state index contributed by atoms with van der Waals surface area (Å²) in [6.45, 7) is 5.00. The van der Waals surface area contributed by atoms with Gasteiger partial charge in [-0.1, -0.05) is 13.3 Å². The van der Waals surface area contributed by atoms with Gasteiger partial charge in [-0.05, 0) is 32.4 Å². The molecule has 5 heteroatoms. The van der Waals surface area contributed by atoms with Crippen LogP contribution in [-0.2, 0) is 9.59 Å². The molecule has 0 spiro atoms. The molecule has 0 aliphatic carbocycles. The molecule has 1 rings (SSSR count). The molecule has 0 saturated carbocycles. The van der Waals surface area contributed by atoms with Crippen molar-refractivity contribution in [2.75, 3.05) is 33.2 Å². The lowest BCUT2D eigenvalue weighted by Crippen LogP contribution is -2.44. The summed E-state index contributed by atoms with van der Waals surface area (Å²) in [6.07, 6.45) is 3.83. The van der Waals surface area contributed by atoms with Crippen molar-refractivity contribution in [3.8, 4) is 0 Å². The van der Waals surface area contributed by atoms with Crippen LogP contribution in [0.3, 0.4) is 0 Å². The zero-order chi connectivity index (χ0) is 13.4. The summed E-state index contributed by atoms with van der Waals surface area (Å²) in [4.78, 5) is 25.2. The molecule has 0 aromatic carbocycles. The highest BCUT2D eigenvalue weighted by atomic mass is 16.2. The van der Waals surface area contributed by atoms with E-state index >= 15 is 0 Å². The third-order valence-corrected chi connectivity index (χ3v) is 3.42. The van der Waals surface area contributed by atoms with E-state index in [9.17, 15) is 9.59 Å². The van der Waals surface area contributed by atoms with Crippen LogP contribution in [0, 0.1) is 5.92 Å². The fourth-order valence-corrected chi connectivity index (χ4v) is 2.22. The Hall–Kier alpha value is -1.10. The minimum atomic E-state index is 0.0989. The minimum absolute atomic E-state index is 0.0989. The van der Waals surface area contributed by atoms with E-state index in [1.165, 1.54) is 0 Å². The van der Waals surface area contributed by atoms with Crippen molar-refractivity contribution in [1.82, 2.24) is 15.5 Å². The summed E-state index contributed by atoms with van der Waals surface area (Å²) in [5, 5.41) is 5.60. The second kappa shape index (κ2) is 8.08. The van der Waals surface area contributed by atoms with Gasteiger partial charge in [0.25, 0.3) is 0 Å². The Labute approximate surface area is 109 Å². The lowest BCUT2D eigenvalue weighted by atomic mass is 9.96. The average Bonchev–Trinajstić information content (AvgIpc) is 2.39. The van der Waals surface area contributed by atoms with E-state index in [-0.39, 0.29) is 17.7 Å². The molecule has 0 aromatic rings. The number of piperidine rings is 1. The van der Waals surface area contributed by atoms with Crippen LogP contribution in [0.1, 0.15) is 32.6 Å². The lowest BCUT2D eigenvalue weighted by Gasteiger charge is -2.30. The van der Waals surface area contributed by atoms with E-state index in [0.717, 1.165) is 45.3 Å². The van der Waals surface area contributed by atoms with Gasteiger partial charge in [-0.25, -0.2) is 0 Å². The fourth-order valence-electron chi connectivity index (χ4n) is 2.22. The highest BCUT2D eigenvalue weighted by Gasteiger charge is 2.24. The monoisotopic (exact) mass is 255 g/mol. The third-order valence-electron chi connectivity index (χ3n) is 3.42. The predicted octanol–water partition coefficient (Wildman–Crippen LogP) is 0.361. The van der Waals surface area contributed by atoms with Gasteiger partial charge >= 0.3 is 0 Å². The number of rotatable bonds is 6. The SMILES string of the molecule is CCCCNC(=O)CN1CCC(C(=O)NC)CC1. The number of unbranched alkanes of at least 4 members (excludes halogenated alkanes) is 1. The number of amides is 2. The van der Waals surface area contributed by atoms with E-state index in [1.807, 2.05) is 0 Å². The molecule has 18 heavy (non-hydrogen) atoms. The average molecular weight is 255 g/mol. The lowest BCUT2D eigenvalue weighted by molar-refractivity contribution is -0.126. The minimum Gasteiger partial charge on any atom is -0.359 e. The first kappa shape index (κ1) is 15.0. The number of hydrogen-bond acceptors (Lipinski definition) is 3. The van der Waals surface area contributed by atoms with E-state index in [1.54, 1.807) is 7.05 Å². The van der Waals surface area contributed by atoms with Crippen molar-refractivity contribution in [2.24, 2.45) is 5.92 Å². The molecule has 0 aromatic heterocycles. The van der Waals surface area contributed by atoms with Crippen molar-refractivity contribution in [1.29, 1.82) is 0 Å². The molecular formula is C13H25N3O2. The van der Waals surface area contributed by atoms with Gasteiger partial charge in [0.15, 0.2) is 0 Å². The smallest absolute Gasteiger partial charge is 0.234 e. The number of likely N-dealkylation sites (tertiary alicyclic amines) is 1. The van der Waals surface area contributed by atoms with Crippen LogP contribution in [-0.4, -0.2) is 49.9 Å². The van der Waals surface area contributed by atoms with Crippen molar-refractivity contribution in [3.63, 3.8) is 0 Å². The predicted molar refractivity (Wildman–Crippen MR) is 71.1 cm³/mol. The first-order valence-electron chi connectivity index (χ1n) is 6.88.